The molecule has 0 aliphatic carbocycles. The predicted molar refractivity (Wildman–Crippen MR) is 40.2 cm³/mol. The Hall–Kier alpha value is -1.79. The normalized spacial score (nSPS) is 19.7. The van der Waals surface area contributed by atoms with Gasteiger partial charge >= 0.3 is 11.7 Å². The number of hydrogen-bond donors (Lipinski definition) is 2. The van der Waals surface area contributed by atoms with Crippen LogP contribution in [-0.2, 0) is 9.53 Å². The van der Waals surface area contributed by atoms with Crippen LogP contribution in [0.1, 0.15) is 6.42 Å². The lowest BCUT2D eigenvalue weighted by Gasteiger charge is -2.16. The van der Waals surface area contributed by atoms with E-state index < -0.39 is 16.6 Å². The molecular formula is C6H8N2O5. The van der Waals surface area contributed by atoms with Crippen LogP contribution in [-0.4, -0.2) is 29.2 Å². The third-order valence-electron chi connectivity index (χ3n) is 1.45. The van der Waals surface area contributed by atoms with Gasteiger partial charge in [0.2, 0.25) is 0 Å². The molecule has 2 N–H and O–H groups in total. The lowest BCUT2D eigenvalue weighted by Crippen LogP contribution is -2.30. The summed E-state index contributed by atoms with van der Waals surface area (Å²) in [5.74, 6) is -1.86. The van der Waals surface area contributed by atoms with E-state index >= 15 is 0 Å². The van der Waals surface area contributed by atoms with Gasteiger partial charge in [0.05, 0.1) is 11.5 Å². The molecule has 1 saturated heterocycles. The van der Waals surface area contributed by atoms with E-state index in [1.807, 2.05) is 0 Å². The standard InChI is InChI=1S/C6H8N2O5/c9-6(10)4(8(11)12)5-7-2-1-3-13-5/h7H,1-3H2,(H,9,10). The van der Waals surface area contributed by atoms with E-state index in [9.17, 15) is 14.9 Å². The average molecular weight is 188 g/mol. The minimum absolute atomic E-state index is 0.260. The SMILES string of the molecule is O=C(O)C(=C1NCCCO1)[N+](=O)[O-]. The van der Waals surface area contributed by atoms with Crippen LogP contribution in [0, 0.1) is 10.1 Å². The summed E-state index contributed by atoms with van der Waals surface area (Å²) >= 11 is 0. The number of carboxylic acids is 1. The van der Waals surface area contributed by atoms with Gasteiger partial charge in [0.1, 0.15) is 0 Å². The summed E-state index contributed by atoms with van der Waals surface area (Å²) in [5, 5.41) is 21.3. The lowest BCUT2D eigenvalue weighted by atomic mass is 10.3. The highest BCUT2D eigenvalue weighted by atomic mass is 16.6. The predicted octanol–water partition coefficient (Wildman–Crippen LogP) is -0.473. The number of carboxylic acid groups (broad SMARTS) is 1. The number of carbonyl (C=O) groups is 1. The van der Waals surface area contributed by atoms with Crippen molar-refractivity contribution in [1.82, 2.24) is 5.32 Å². The first kappa shape index (κ1) is 9.30. The van der Waals surface area contributed by atoms with Crippen molar-refractivity contribution in [2.45, 2.75) is 6.42 Å². The quantitative estimate of drug-likeness (QED) is 0.345. The maximum absolute atomic E-state index is 10.4. The van der Waals surface area contributed by atoms with Gasteiger partial charge in [-0.2, -0.15) is 0 Å². The molecule has 0 atom stereocenters. The van der Waals surface area contributed by atoms with E-state index in [0.717, 1.165) is 0 Å². The summed E-state index contributed by atoms with van der Waals surface area (Å²) in [4.78, 5) is 19.7. The van der Waals surface area contributed by atoms with Gasteiger partial charge in [-0.15, -0.1) is 0 Å². The van der Waals surface area contributed by atoms with Gasteiger partial charge in [-0.1, -0.05) is 0 Å². The van der Waals surface area contributed by atoms with E-state index in [4.69, 9.17) is 9.84 Å². The van der Waals surface area contributed by atoms with Crippen LogP contribution in [0.15, 0.2) is 11.6 Å². The van der Waals surface area contributed by atoms with Crippen LogP contribution in [0.5, 0.6) is 0 Å². The Morgan fingerprint density at radius 1 is 1.69 bits per heavy atom. The topological polar surface area (TPSA) is 102 Å². The highest BCUT2D eigenvalue weighted by Crippen LogP contribution is 2.08. The van der Waals surface area contributed by atoms with Gasteiger partial charge in [0.25, 0.3) is 5.88 Å². The molecule has 7 heteroatoms. The zero-order valence-corrected chi connectivity index (χ0v) is 6.65. The van der Waals surface area contributed by atoms with Crippen molar-refractivity contribution in [1.29, 1.82) is 0 Å². The zero-order valence-electron chi connectivity index (χ0n) is 6.65. The molecule has 1 rings (SSSR count). The van der Waals surface area contributed by atoms with Crippen molar-refractivity contribution in [3.63, 3.8) is 0 Å². The van der Waals surface area contributed by atoms with Crippen LogP contribution in [0.3, 0.4) is 0 Å². The first-order chi connectivity index (χ1) is 6.13. The summed E-state index contributed by atoms with van der Waals surface area (Å²) in [5.41, 5.74) is -0.945. The Bertz CT molecular complexity index is 248. The number of rotatable bonds is 2. The highest BCUT2D eigenvalue weighted by Gasteiger charge is 2.30. The molecule has 1 heterocycles. The maximum atomic E-state index is 10.4. The molecule has 72 valence electrons. The highest BCUT2D eigenvalue weighted by molar-refractivity contribution is 5.84. The van der Waals surface area contributed by atoms with Gasteiger partial charge in [-0.25, -0.2) is 4.79 Å². The second kappa shape index (κ2) is 3.74. The van der Waals surface area contributed by atoms with Crippen molar-refractivity contribution in [2.24, 2.45) is 0 Å². The van der Waals surface area contributed by atoms with E-state index in [1.54, 1.807) is 0 Å². The van der Waals surface area contributed by atoms with Crippen LogP contribution in [0.25, 0.3) is 0 Å². The van der Waals surface area contributed by atoms with Gasteiger partial charge in [-0.3, -0.25) is 10.1 Å². The van der Waals surface area contributed by atoms with Crippen molar-refractivity contribution < 1.29 is 19.6 Å². The third-order valence-corrected chi connectivity index (χ3v) is 1.45. The van der Waals surface area contributed by atoms with Crippen molar-refractivity contribution in [3.8, 4) is 0 Å². The Labute approximate surface area is 73.1 Å². The number of hydrogen-bond acceptors (Lipinski definition) is 5. The summed E-state index contributed by atoms with van der Waals surface area (Å²) in [7, 11) is 0. The average Bonchev–Trinajstić information content (AvgIpc) is 2.04. The number of ether oxygens (including phenoxy) is 1. The summed E-state index contributed by atoms with van der Waals surface area (Å²) in [6.07, 6.45) is 0.702. The molecular weight excluding hydrogens is 180 g/mol. The molecule has 0 spiro atoms. The van der Waals surface area contributed by atoms with Crippen molar-refractivity contribution in [2.75, 3.05) is 13.2 Å². The Kier molecular flexibility index (Phi) is 2.68. The fourth-order valence-electron chi connectivity index (χ4n) is 0.910. The largest absolute Gasteiger partial charge is 0.474 e. The van der Waals surface area contributed by atoms with Crippen LogP contribution in [0.2, 0.25) is 0 Å². The van der Waals surface area contributed by atoms with Gasteiger partial charge in [-0.05, 0) is 6.42 Å². The monoisotopic (exact) mass is 188 g/mol. The number of nitro groups is 1. The van der Waals surface area contributed by atoms with E-state index in [1.165, 1.54) is 0 Å². The molecule has 0 amide bonds. The summed E-state index contributed by atoms with van der Waals surface area (Å²) in [6, 6.07) is 0. The molecule has 0 aromatic rings. The number of aliphatic carboxylic acids is 1. The number of nitrogens with one attached hydrogen (secondary N) is 1. The summed E-state index contributed by atoms with van der Waals surface area (Å²) in [6.45, 7) is 0.785. The van der Waals surface area contributed by atoms with E-state index in [-0.39, 0.29) is 5.88 Å². The second-order valence-electron chi connectivity index (χ2n) is 2.37. The molecule has 1 aliphatic heterocycles. The Balaban J connectivity index is 2.93. The van der Waals surface area contributed by atoms with E-state index in [2.05, 4.69) is 5.32 Å². The minimum Gasteiger partial charge on any atom is -0.474 e. The van der Waals surface area contributed by atoms with Crippen molar-refractivity contribution >= 4 is 5.97 Å². The van der Waals surface area contributed by atoms with Gasteiger partial charge < -0.3 is 15.2 Å². The molecule has 0 aromatic carbocycles. The molecule has 0 saturated carbocycles. The van der Waals surface area contributed by atoms with Crippen LogP contribution in [0.4, 0.5) is 0 Å². The molecule has 0 aromatic heterocycles. The molecule has 0 radical (unpaired) electrons. The first-order valence-corrected chi connectivity index (χ1v) is 3.61. The van der Waals surface area contributed by atoms with Crippen LogP contribution < -0.4 is 5.32 Å². The van der Waals surface area contributed by atoms with Gasteiger partial charge in [0.15, 0.2) is 0 Å². The molecule has 7 nitrogen and oxygen atoms in total. The molecule has 1 fully saturated rings. The molecule has 0 unspecified atom stereocenters. The smallest absolute Gasteiger partial charge is 0.413 e. The minimum atomic E-state index is -1.60. The second-order valence-corrected chi connectivity index (χ2v) is 2.37. The maximum Gasteiger partial charge on any atom is 0.413 e. The zero-order chi connectivity index (χ0) is 9.84. The van der Waals surface area contributed by atoms with Crippen LogP contribution >= 0.6 is 0 Å². The van der Waals surface area contributed by atoms with Crippen molar-refractivity contribution in [3.05, 3.63) is 21.7 Å². The summed E-state index contributed by atoms with van der Waals surface area (Å²) < 4.78 is 4.81. The molecule has 13 heavy (non-hydrogen) atoms. The Morgan fingerprint density at radius 2 is 2.38 bits per heavy atom. The number of nitrogens with zero attached hydrogens (tertiary/aromatic N) is 1. The lowest BCUT2D eigenvalue weighted by molar-refractivity contribution is -0.424. The molecule has 1 aliphatic rings. The fraction of sp³-hybridized carbons (Fsp3) is 0.500. The molecule has 0 bridgehead atoms. The Morgan fingerprint density at radius 3 is 2.77 bits per heavy atom. The fourth-order valence-corrected chi connectivity index (χ4v) is 0.910. The third kappa shape index (κ3) is 2.08. The van der Waals surface area contributed by atoms with Gasteiger partial charge in [0, 0.05) is 6.54 Å². The van der Waals surface area contributed by atoms with E-state index in [0.29, 0.717) is 19.6 Å². The first-order valence-electron chi connectivity index (χ1n) is 3.61.